The van der Waals surface area contributed by atoms with Gasteiger partial charge in [-0.15, -0.1) is 12.4 Å². The summed E-state index contributed by atoms with van der Waals surface area (Å²) in [4.78, 5) is 11.6. The predicted molar refractivity (Wildman–Crippen MR) is 60.0 cm³/mol. The van der Waals surface area contributed by atoms with Crippen LogP contribution in [0.1, 0.15) is 25.7 Å². The lowest BCUT2D eigenvalue weighted by Crippen LogP contribution is -2.53. The zero-order valence-electron chi connectivity index (χ0n) is 8.74. The van der Waals surface area contributed by atoms with Gasteiger partial charge >= 0.3 is 0 Å². The summed E-state index contributed by atoms with van der Waals surface area (Å²) >= 11 is 0. The minimum atomic E-state index is -0.145. The minimum absolute atomic E-state index is 0. The molecule has 88 valence electrons. The molecule has 3 N–H and O–H groups in total. The molecule has 0 radical (unpaired) electrons. The summed E-state index contributed by atoms with van der Waals surface area (Å²) in [6, 6.07) is 0.298. The van der Waals surface area contributed by atoms with Crippen LogP contribution < -0.4 is 10.6 Å². The fourth-order valence-electron chi connectivity index (χ4n) is 2.01. The van der Waals surface area contributed by atoms with Gasteiger partial charge < -0.3 is 15.7 Å². The zero-order chi connectivity index (χ0) is 9.97. The van der Waals surface area contributed by atoms with Crippen LogP contribution in [0.15, 0.2) is 0 Å². The molecule has 0 bridgehead atoms. The molecule has 0 aromatic rings. The number of aliphatic hydroxyl groups excluding tert-OH is 1. The van der Waals surface area contributed by atoms with Crippen LogP contribution in [0.4, 0.5) is 0 Å². The van der Waals surface area contributed by atoms with Crippen molar-refractivity contribution in [2.45, 2.75) is 37.8 Å². The molecule has 2 fully saturated rings. The van der Waals surface area contributed by atoms with Crippen molar-refractivity contribution in [2.75, 3.05) is 13.1 Å². The lowest BCUT2D eigenvalue weighted by Gasteiger charge is -2.31. The molecule has 5 heteroatoms. The molecule has 1 saturated carbocycles. The van der Waals surface area contributed by atoms with Gasteiger partial charge in [0, 0.05) is 19.1 Å². The Morgan fingerprint density at radius 1 is 1.20 bits per heavy atom. The summed E-state index contributed by atoms with van der Waals surface area (Å²) in [6.45, 7) is 1.64. The summed E-state index contributed by atoms with van der Waals surface area (Å²) in [5.74, 6) is 0.368. The van der Waals surface area contributed by atoms with Crippen LogP contribution in [0.25, 0.3) is 0 Å². The third kappa shape index (κ3) is 3.33. The van der Waals surface area contributed by atoms with Gasteiger partial charge in [-0.2, -0.15) is 0 Å². The summed E-state index contributed by atoms with van der Waals surface area (Å²) < 4.78 is 0. The van der Waals surface area contributed by atoms with Gasteiger partial charge in [0.05, 0.1) is 12.0 Å². The molecule has 0 aromatic carbocycles. The maximum Gasteiger partial charge on any atom is 0.225 e. The molecule has 2 rings (SSSR count). The van der Waals surface area contributed by atoms with Gasteiger partial charge in [0.15, 0.2) is 0 Å². The third-order valence-corrected chi connectivity index (χ3v) is 3.20. The molecule has 1 amide bonds. The second-order valence-corrected chi connectivity index (χ2v) is 4.37. The third-order valence-electron chi connectivity index (χ3n) is 3.20. The fourth-order valence-corrected chi connectivity index (χ4v) is 2.01. The van der Waals surface area contributed by atoms with E-state index in [4.69, 9.17) is 0 Å². The van der Waals surface area contributed by atoms with Gasteiger partial charge in [0.1, 0.15) is 0 Å². The lowest BCUT2D eigenvalue weighted by molar-refractivity contribution is -0.127. The number of hydrogen-bond acceptors (Lipinski definition) is 3. The second kappa shape index (κ2) is 5.68. The molecule has 1 aliphatic carbocycles. The molecule has 4 nitrogen and oxygen atoms in total. The van der Waals surface area contributed by atoms with E-state index in [2.05, 4.69) is 10.6 Å². The predicted octanol–water partition coefficient (Wildman–Crippen LogP) is 0.0473. The molecule has 0 unspecified atom stereocenters. The van der Waals surface area contributed by atoms with Gasteiger partial charge in [-0.25, -0.2) is 0 Å². The first-order chi connectivity index (χ1) is 6.75. The first-order valence-electron chi connectivity index (χ1n) is 5.45. The normalized spacial score (nSPS) is 31.3. The van der Waals surface area contributed by atoms with E-state index in [1.807, 2.05) is 0 Å². The quantitative estimate of drug-likeness (QED) is 0.633. The summed E-state index contributed by atoms with van der Waals surface area (Å²) in [6.07, 6.45) is 3.36. The average molecular weight is 235 g/mol. The van der Waals surface area contributed by atoms with Crippen molar-refractivity contribution >= 4 is 18.3 Å². The number of halogens is 1. The van der Waals surface area contributed by atoms with Crippen LogP contribution in [0.3, 0.4) is 0 Å². The topological polar surface area (TPSA) is 61.4 Å². The van der Waals surface area contributed by atoms with E-state index >= 15 is 0 Å². The summed E-state index contributed by atoms with van der Waals surface area (Å²) in [5.41, 5.74) is 0. The Kier molecular flexibility index (Phi) is 4.83. The monoisotopic (exact) mass is 234 g/mol. The molecule has 2 aliphatic rings. The SMILES string of the molecule is Cl.O=C(N[C@H]1CC[C@H](O)CC1)C1CNC1. The van der Waals surface area contributed by atoms with Crippen LogP contribution >= 0.6 is 12.4 Å². The Hall–Kier alpha value is -0.320. The van der Waals surface area contributed by atoms with Gasteiger partial charge in [-0.3, -0.25) is 4.79 Å². The van der Waals surface area contributed by atoms with Crippen LogP contribution in [0.2, 0.25) is 0 Å². The molecule has 1 aliphatic heterocycles. The Labute approximate surface area is 96.2 Å². The molecule has 1 saturated heterocycles. The Morgan fingerprint density at radius 2 is 1.80 bits per heavy atom. The number of carbonyl (C=O) groups excluding carboxylic acids is 1. The Morgan fingerprint density at radius 3 is 2.27 bits per heavy atom. The van der Waals surface area contributed by atoms with Crippen molar-refractivity contribution in [3.8, 4) is 0 Å². The number of amides is 1. The highest BCUT2D eigenvalue weighted by Gasteiger charge is 2.28. The maximum atomic E-state index is 11.6. The van der Waals surface area contributed by atoms with E-state index in [0.717, 1.165) is 38.8 Å². The second-order valence-electron chi connectivity index (χ2n) is 4.37. The van der Waals surface area contributed by atoms with E-state index in [9.17, 15) is 9.90 Å². The summed E-state index contributed by atoms with van der Waals surface area (Å²) in [7, 11) is 0. The zero-order valence-corrected chi connectivity index (χ0v) is 9.55. The van der Waals surface area contributed by atoms with Crippen molar-refractivity contribution in [3.05, 3.63) is 0 Å². The molecule has 1 heterocycles. The van der Waals surface area contributed by atoms with Crippen molar-refractivity contribution in [1.29, 1.82) is 0 Å². The standard InChI is InChI=1S/C10H18N2O2.ClH/c13-9-3-1-8(2-4-9)12-10(14)7-5-11-6-7;/h7-9,11,13H,1-6H2,(H,12,14);1H/t8-,9-;. The largest absolute Gasteiger partial charge is 0.393 e. The van der Waals surface area contributed by atoms with E-state index in [-0.39, 0.29) is 30.3 Å². The molecule has 0 aromatic heterocycles. The molecule has 15 heavy (non-hydrogen) atoms. The smallest absolute Gasteiger partial charge is 0.225 e. The van der Waals surface area contributed by atoms with Crippen LogP contribution in [-0.2, 0) is 4.79 Å². The summed E-state index contributed by atoms with van der Waals surface area (Å²) in [5, 5.41) is 15.4. The molecule has 0 spiro atoms. The van der Waals surface area contributed by atoms with E-state index in [1.165, 1.54) is 0 Å². The van der Waals surface area contributed by atoms with Gasteiger partial charge in [0.25, 0.3) is 0 Å². The highest BCUT2D eigenvalue weighted by atomic mass is 35.5. The molecular weight excluding hydrogens is 216 g/mol. The molecular formula is C10H19ClN2O2. The van der Waals surface area contributed by atoms with E-state index in [0.29, 0.717) is 6.04 Å². The maximum absolute atomic E-state index is 11.6. The van der Waals surface area contributed by atoms with Crippen molar-refractivity contribution in [3.63, 3.8) is 0 Å². The number of rotatable bonds is 2. The molecule has 0 atom stereocenters. The number of hydrogen-bond donors (Lipinski definition) is 3. The van der Waals surface area contributed by atoms with Crippen molar-refractivity contribution in [1.82, 2.24) is 10.6 Å². The number of carbonyl (C=O) groups is 1. The van der Waals surface area contributed by atoms with E-state index < -0.39 is 0 Å². The average Bonchev–Trinajstić information content (AvgIpc) is 2.06. The number of aliphatic hydroxyl groups is 1. The Balaban J connectivity index is 0.00000112. The first kappa shape index (κ1) is 12.7. The highest BCUT2D eigenvalue weighted by Crippen LogP contribution is 2.18. The lowest BCUT2D eigenvalue weighted by atomic mass is 9.92. The highest BCUT2D eigenvalue weighted by molar-refractivity contribution is 5.85. The van der Waals surface area contributed by atoms with Crippen molar-refractivity contribution < 1.29 is 9.90 Å². The Bertz CT molecular complexity index is 213. The first-order valence-corrected chi connectivity index (χ1v) is 5.45. The van der Waals surface area contributed by atoms with Crippen LogP contribution in [0.5, 0.6) is 0 Å². The fraction of sp³-hybridized carbons (Fsp3) is 0.900. The van der Waals surface area contributed by atoms with Crippen LogP contribution in [0, 0.1) is 5.92 Å². The van der Waals surface area contributed by atoms with Crippen LogP contribution in [-0.4, -0.2) is 36.2 Å². The number of nitrogens with one attached hydrogen (secondary N) is 2. The van der Waals surface area contributed by atoms with Crippen molar-refractivity contribution in [2.24, 2.45) is 5.92 Å². The van der Waals surface area contributed by atoms with Gasteiger partial charge in [-0.1, -0.05) is 0 Å². The van der Waals surface area contributed by atoms with Gasteiger partial charge in [0.2, 0.25) is 5.91 Å². The van der Waals surface area contributed by atoms with E-state index in [1.54, 1.807) is 0 Å². The minimum Gasteiger partial charge on any atom is -0.393 e. The van der Waals surface area contributed by atoms with Gasteiger partial charge in [-0.05, 0) is 25.7 Å².